The quantitative estimate of drug-likeness (QED) is 0.891. The summed E-state index contributed by atoms with van der Waals surface area (Å²) in [6, 6.07) is 11.6. The van der Waals surface area contributed by atoms with Gasteiger partial charge in [0.2, 0.25) is 0 Å². The lowest BCUT2D eigenvalue weighted by molar-refractivity contribution is 0.243. The van der Waals surface area contributed by atoms with E-state index in [9.17, 15) is 4.79 Å². The number of nitrogens with zero attached hydrogens (tertiary/aromatic N) is 1. The molecular formula is C18H24N2O2. The summed E-state index contributed by atoms with van der Waals surface area (Å²) in [5.74, 6) is 0.794. The summed E-state index contributed by atoms with van der Waals surface area (Å²) >= 11 is 0. The van der Waals surface area contributed by atoms with Crippen molar-refractivity contribution in [3.05, 3.63) is 52.3 Å². The Kier molecular flexibility index (Phi) is 5.39. The maximum atomic E-state index is 12.6. The van der Waals surface area contributed by atoms with Crippen molar-refractivity contribution in [3.8, 4) is 17.0 Å². The van der Waals surface area contributed by atoms with Gasteiger partial charge in [0.1, 0.15) is 5.75 Å². The molecule has 0 unspecified atom stereocenters. The molecule has 1 heterocycles. The zero-order valence-corrected chi connectivity index (χ0v) is 13.5. The van der Waals surface area contributed by atoms with E-state index in [0.29, 0.717) is 12.1 Å². The van der Waals surface area contributed by atoms with Crippen LogP contribution in [-0.2, 0) is 13.1 Å². The Hall–Kier alpha value is -2.07. The number of ether oxygens (including phenoxy) is 1. The Morgan fingerprint density at radius 2 is 1.91 bits per heavy atom. The SMILES string of the molecule is CCCn1c(-c2ccccc2OC(C)C)ccc(CN)c1=O. The number of para-hydroxylation sites is 1. The van der Waals surface area contributed by atoms with Crippen LogP contribution < -0.4 is 16.0 Å². The molecule has 0 aliphatic heterocycles. The summed E-state index contributed by atoms with van der Waals surface area (Å²) < 4.78 is 7.69. The van der Waals surface area contributed by atoms with E-state index in [-0.39, 0.29) is 18.2 Å². The van der Waals surface area contributed by atoms with Crippen LogP contribution in [0, 0.1) is 0 Å². The molecule has 0 radical (unpaired) electrons. The molecule has 2 rings (SSSR count). The highest BCUT2D eigenvalue weighted by molar-refractivity contribution is 5.67. The van der Waals surface area contributed by atoms with Crippen LogP contribution in [0.2, 0.25) is 0 Å². The summed E-state index contributed by atoms with van der Waals surface area (Å²) in [6.07, 6.45) is 0.963. The van der Waals surface area contributed by atoms with Crippen LogP contribution in [0.4, 0.5) is 0 Å². The van der Waals surface area contributed by atoms with Crippen LogP contribution in [0.5, 0.6) is 5.75 Å². The first kappa shape index (κ1) is 16.3. The average Bonchev–Trinajstić information content (AvgIpc) is 2.49. The van der Waals surface area contributed by atoms with E-state index in [2.05, 4.69) is 6.92 Å². The van der Waals surface area contributed by atoms with Crippen LogP contribution in [0.25, 0.3) is 11.3 Å². The Balaban J connectivity index is 2.62. The highest BCUT2D eigenvalue weighted by atomic mass is 16.5. The summed E-state index contributed by atoms with van der Waals surface area (Å²) in [6.45, 7) is 6.97. The molecule has 0 spiro atoms. The molecular weight excluding hydrogens is 276 g/mol. The van der Waals surface area contributed by atoms with Crippen LogP contribution in [0.3, 0.4) is 0 Å². The van der Waals surface area contributed by atoms with Gasteiger partial charge in [-0.2, -0.15) is 0 Å². The standard InChI is InChI=1S/C18H24N2O2/c1-4-11-20-16(10-9-14(12-19)18(20)21)15-7-5-6-8-17(15)22-13(2)3/h5-10,13H,4,11-12,19H2,1-3H3. The molecule has 0 saturated heterocycles. The van der Waals surface area contributed by atoms with E-state index >= 15 is 0 Å². The monoisotopic (exact) mass is 300 g/mol. The van der Waals surface area contributed by atoms with Crippen molar-refractivity contribution < 1.29 is 4.74 Å². The Morgan fingerprint density at radius 3 is 2.55 bits per heavy atom. The fourth-order valence-electron chi connectivity index (χ4n) is 2.49. The van der Waals surface area contributed by atoms with Crippen molar-refractivity contribution in [2.24, 2.45) is 5.73 Å². The van der Waals surface area contributed by atoms with Crippen molar-refractivity contribution in [2.45, 2.75) is 46.4 Å². The van der Waals surface area contributed by atoms with Crippen molar-refractivity contribution in [1.82, 2.24) is 4.57 Å². The minimum Gasteiger partial charge on any atom is -0.490 e. The highest BCUT2D eigenvalue weighted by Crippen LogP contribution is 2.30. The van der Waals surface area contributed by atoms with Gasteiger partial charge >= 0.3 is 0 Å². The molecule has 118 valence electrons. The number of rotatable bonds is 6. The van der Waals surface area contributed by atoms with Gasteiger partial charge in [0.25, 0.3) is 5.56 Å². The molecule has 0 saturated carbocycles. The average molecular weight is 300 g/mol. The molecule has 0 aliphatic rings. The molecule has 22 heavy (non-hydrogen) atoms. The van der Waals surface area contributed by atoms with E-state index in [1.165, 1.54) is 0 Å². The number of hydrogen-bond acceptors (Lipinski definition) is 3. The van der Waals surface area contributed by atoms with E-state index in [0.717, 1.165) is 23.4 Å². The second-order valence-electron chi connectivity index (χ2n) is 5.57. The van der Waals surface area contributed by atoms with Crippen molar-refractivity contribution in [2.75, 3.05) is 0 Å². The van der Waals surface area contributed by atoms with Crippen LogP contribution in [0.1, 0.15) is 32.8 Å². The fourth-order valence-corrected chi connectivity index (χ4v) is 2.49. The van der Waals surface area contributed by atoms with Crippen LogP contribution in [0.15, 0.2) is 41.2 Å². The number of hydrogen-bond donors (Lipinski definition) is 1. The van der Waals surface area contributed by atoms with Gasteiger partial charge in [0.15, 0.2) is 0 Å². The Labute approximate surface area is 131 Å². The van der Waals surface area contributed by atoms with Crippen LogP contribution >= 0.6 is 0 Å². The van der Waals surface area contributed by atoms with Gasteiger partial charge in [-0.05, 0) is 38.5 Å². The molecule has 4 heteroatoms. The molecule has 1 aromatic heterocycles. The maximum Gasteiger partial charge on any atom is 0.255 e. The van der Waals surface area contributed by atoms with Gasteiger partial charge in [-0.25, -0.2) is 0 Å². The summed E-state index contributed by atoms with van der Waals surface area (Å²) in [7, 11) is 0. The largest absolute Gasteiger partial charge is 0.490 e. The molecule has 2 N–H and O–H groups in total. The van der Waals surface area contributed by atoms with Crippen molar-refractivity contribution in [3.63, 3.8) is 0 Å². The maximum absolute atomic E-state index is 12.6. The third kappa shape index (κ3) is 3.39. The van der Waals surface area contributed by atoms with Crippen LogP contribution in [-0.4, -0.2) is 10.7 Å². The first-order valence-electron chi connectivity index (χ1n) is 7.77. The van der Waals surface area contributed by atoms with Crippen molar-refractivity contribution in [1.29, 1.82) is 0 Å². The van der Waals surface area contributed by atoms with E-state index in [4.69, 9.17) is 10.5 Å². The molecule has 0 bridgehead atoms. The molecule has 0 atom stereocenters. The van der Waals surface area contributed by atoms with Crippen molar-refractivity contribution >= 4 is 0 Å². The normalized spacial score (nSPS) is 11.0. The van der Waals surface area contributed by atoms with E-state index in [1.54, 1.807) is 4.57 Å². The van der Waals surface area contributed by atoms with Gasteiger partial charge in [-0.3, -0.25) is 4.79 Å². The molecule has 2 aromatic rings. The number of benzene rings is 1. The van der Waals surface area contributed by atoms with E-state index in [1.807, 2.05) is 50.2 Å². The Morgan fingerprint density at radius 1 is 1.18 bits per heavy atom. The lowest BCUT2D eigenvalue weighted by Gasteiger charge is -2.18. The summed E-state index contributed by atoms with van der Waals surface area (Å²) in [4.78, 5) is 12.6. The second kappa shape index (κ2) is 7.27. The molecule has 0 fully saturated rings. The Bertz CT molecular complexity index is 690. The summed E-state index contributed by atoms with van der Waals surface area (Å²) in [5.41, 5.74) is 8.10. The zero-order chi connectivity index (χ0) is 16.1. The topological polar surface area (TPSA) is 57.2 Å². The van der Waals surface area contributed by atoms with Gasteiger partial charge < -0.3 is 15.0 Å². The third-order valence-corrected chi connectivity index (χ3v) is 3.45. The number of pyridine rings is 1. The highest BCUT2D eigenvalue weighted by Gasteiger charge is 2.13. The number of nitrogens with two attached hydrogens (primary N) is 1. The molecule has 4 nitrogen and oxygen atoms in total. The minimum absolute atomic E-state index is 0.0128. The van der Waals surface area contributed by atoms with Gasteiger partial charge in [0, 0.05) is 24.2 Å². The zero-order valence-electron chi connectivity index (χ0n) is 13.5. The fraction of sp³-hybridized carbons (Fsp3) is 0.389. The van der Waals surface area contributed by atoms with Gasteiger partial charge in [-0.15, -0.1) is 0 Å². The third-order valence-electron chi connectivity index (χ3n) is 3.45. The summed E-state index contributed by atoms with van der Waals surface area (Å²) in [5, 5.41) is 0. The van der Waals surface area contributed by atoms with Gasteiger partial charge in [0.05, 0.1) is 11.8 Å². The van der Waals surface area contributed by atoms with E-state index < -0.39 is 0 Å². The molecule has 1 aromatic carbocycles. The lowest BCUT2D eigenvalue weighted by Crippen LogP contribution is -2.26. The first-order valence-corrected chi connectivity index (χ1v) is 7.77. The predicted octanol–water partition coefficient (Wildman–Crippen LogP) is 3.17. The molecule has 0 amide bonds. The smallest absolute Gasteiger partial charge is 0.255 e. The molecule has 0 aliphatic carbocycles. The lowest BCUT2D eigenvalue weighted by atomic mass is 10.1. The van der Waals surface area contributed by atoms with Gasteiger partial charge in [-0.1, -0.05) is 25.1 Å². The minimum atomic E-state index is -0.0128. The number of aromatic nitrogens is 1. The predicted molar refractivity (Wildman–Crippen MR) is 90.1 cm³/mol. The first-order chi connectivity index (χ1) is 10.6. The second-order valence-corrected chi connectivity index (χ2v) is 5.57.